The van der Waals surface area contributed by atoms with Gasteiger partial charge in [0, 0.05) is 31.8 Å². The second-order valence-electron chi connectivity index (χ2n) is 8.07. The van der Waals surface area contributed by atoms with Crippen LogP contribution in [0.5, 0.6) is 0 Å². The first-order chi connectivity index (χ1) is 15.7. The average Bonchev–Trinajstić information content (AvgIpc) is 3.55. The largest absolute Gasteiger partial charge is 0.376 e. The lowest BCUT2D eigenvalue weighted by atomic mass is 9.98. The minimum atomic E-state index is -0.0273. The Bertz CT molecular complexity index is 984. The first kappa shape index (κ1) is 22.0. The predicted octanol–water partition coefficient (Wildman–Crippen LogP) is 4.02. The van der Waals surface area contributed by atoms with Gasteiger partial charge in [0.05, 0.1) is 6.10 Å². The summed E-state index contributed by atoms with van der Waals surface area (Å²) < 4.78 is 5.63. The lowest BCUT2D eigenvalue weighted by molar-refractivity contribution is 0.108. The Morgan fingerprint density at radius 1 is 1.19 bits per heavy atom. The monoisotopic (exact) mass is 434 g/mol. The summed E-state index contributed by atoms with van der Waals surface area (Å²) >= 11 is 0. The van der Waals surface area contributed by atoms with E-state index in [1.165, 1.54) is 0 Å². The molecule has 0 bridgehead atoms. The summed E-state index contributed by atoms with van der Waals surface area (Å²) in [5.74, 6) is 0.568. The Labute approximate surface area is 188 Å². The van der Waals surface area contributed by atoms with Gasteiger partial charge in [-0.25, -0.2) is 4.79 Å². The second kappa shape index (κ2) is 10.9. The number of hydrogen-bond acceptors (Lipinski definition) is 5. The highest BCUT2D eigenvalue weighted by Gasteiger charge is 2.19. The molecule has 2 N–H and O–H groups in total. The standard InChI is InChI=1S/C24H30N6O2/c1-2-3-14-30(24(31)25-16-20-7-6-15-32-20)17-18-10-12-19(13-11-18)21-8-4-5-9-22(21)23-26-28-29-27-23/h4-5,8-13,20H,2-3,6-7,14-17H2,1H3,(H,25,31)(H,26,27,28,29). The van der Waals surface area contributed by atoms with Crippen molar-refractivity contribution in [2.75, 3.05) is 19.7 Å². The SMILES string of the molecule is CCCCN(Cc1ccc(-c2ccccc2-c2nn[nH]n2)cc1)C(=O)NCC1CCCO1. The molecule has 1 unspecified atom stereocenters. The maximum atomic E-state index is 12.8. The molecule has 0 saturated carbocycles. The Kier molecular flexibility index (Phi) is 7.45. The first-order valence-electron chi connectivity index (χ1n) is 11.3. The summed E-state index contributed by atoms with van der Waals surface area (Å²) in [6, 6.07) is 16.3. The topological polar surface area (TPSA) is 96.0 Å². The van der Waals surface area contributed by atoms with Gasteiger partial charge in [0.2, 0.25) is 5.82 Å². The number of aromatic nitrogens is 4. The number of aromatic amines is 1. The summed E-state index contributed by atoms with van der Waals surface area (Å²) in [6.07, 6.45) is 4.25. The number of unbranched alkanes of at least 4 members (excludes halogenated alkanes) is 1. The van der Waals surface area contributed by atoms with E-state index in [1.807, 2.05) is 29.2 Å². The van der Waals surface area contributed by atoms with E-state index < -0.39 is 0 Å². The van der Waals surface area contributed by atoms with Crippen molar-refractivity contribution < 1.29 is 9.53 Å². The third-order valence-electron chi connectivity index (χ3n) is 5.73. The number of ether oxygens (including phenoxy) is 1. The molecule has 1 aromatic heterocycles. The Hall–Kier alpha value is -3.26. The van der Waals surface area contributed by atoms with Gasteiger partial charge in [0.15, 0.2) is 0 Å². The van der Waals surface area contributed by atoms with Crippen LogP contribution in [0.4, 0.5) is 4.79 Å². The van der Waals surface area contributed by atoms with Gasteiger partial charge in [-0.3, -0.25) is 0 Å². The molecule has 8 nitrogen and oxygen atoms in total. The van der Waals surface area contributed by atoms with Crippen LogP contribution in [-0.4, -0.2) is 57.4 Å². The van der Waals surface area contributed by atoms with Crippen molar-refractivity contribution in [3.05, 3.63) is 54.1 Å². The van der Waals surface area contributed by atoms with E-state index in [4.69, 9.17) is 4.74 Å². The van der Waals surface area contributed by atoms with E-state index in [0.29, 0.717) is 18.9 Å². The third-order valence-corrected chi connectivity index (χ3v) is 5.73. The number of hydrogen-bond donors (Lipinski definition) is 2. The normalized spacial score (nSPS) is 15.6. The van der Waals surface area contributed by atoms with Crippen LogP contribution >= 0.6 is 0 Å². The first-order valence-corrected chi connectivity index (χ1v) is 11.3. The minimum Gasteiger partial charge on any atom is -0.376 e. The van der Waals surface area contributed by atoms with E-state index in [-0.39, 0.29) is 12.1 Å². The number of benzene rings is 2. The third kappa shape index (κ3) is 5.50. The molecule has 1 fully saturated rings. The quantitative estimate of drug-likeness (QED) is 0.530. The highest BCUT2D eigenvalue weighted by atomic mass is 16.5. The number of urea groups is 1. The van der Waals surface area contributed by atoms with E-state index >= 15 is 0 Å². The zero-order chi connectivity index (χ0) is 22.2. The molecule has 1 saturated heterocycles. The van der Waals surface area contributed by atoms with Crippen molar-refractivity contribution in [3.8, 4) is 22.5 Å². The van der Waals surface area contributed by atoms with Gasteiger partial charge in [-0.05, 0) is 41.2 Å². The van der Waals surface area contributed by atoms with E-state index in [2.05, 4.69) is 57.1 Å². The molecule has 2 aromatic carbocycles. The van der Waals surface area contributed by atoms with Crippen LogP contribution in [-0.2, 0) is 11.3 Å². The molecular formula is C24H30N6O2. The second-order valence-corrected chi connectivity index (χ2v) is 8.07. The molecule has 3 aromatic rings. The van der Waals surface area contributed by atoms with E-state index in [0.717, 1.165) is 61.1 Å². The molecule has 168 valence electrons. The zero-order valence-corrected chi connectivity index (χ0v) is 18.5. The summed E-state index contributed by atoms with van der Waals surface area (Å²) in [4.78, 5) is 14.7. The van der Waals surface area contributed by atoms with Crippen molar-refractivity contribution in [3.63, 3.8) is 0 Å². The van der Waals surface area contributed by atoms with Gasteiger partial charge in [0.1, 0.15) is 0 Å². The molecule has 0 aliphatic carbocycles. The number of rotatable bonds is 9. The lowest BCUT2D eigenvalue weighted by Gasteiger charge is -2.24. The van der Waals surface area contributed by atoms with Crippen molar-refractivity contribution >= 4 is 6.03 Å². The van der Waals surface area contributed by atoms with Crippen LogP contribution in [0.3, 0.4) is 0 Å². The van der Waals surface area contributed by atoms with Gasteiger partial charge in [-0.2, -0.15) is 5.21 Å². The van der Waals surface area contributed by atoms with Crippen LogP contribution in [0.25, 0.3) is 22.5 Å². The fourth-order valence-electron chi connectivity index (χ4n) is 3.94. The maximum Gasteiger partial charge on any atom is 0.317 e. The van der Waals surface area contributed by atoms with Crippen LogP contribution in [0.1, 0.15) is 38.2 Å². The van der Waals surface area contributed by atoms with Gasteiger partial charge < -0.3 is 15.0 Å². The molecule has 2 heterocycles. The van der Waals surface area contributed by atoms with Crippen molar-refractivity contribution in [1.29, 1.82) is 0 Å². The van der Waals surface area contributed by atoms with Crippen molar-refractivity contribution in [1.82, 2.24) is 30.8 Å². The summed E-state index contributed by atoms with van der Waals surface area (Å²) in [6.45, 7) is 4.81. The number of tetrazole rings is 1. The molecule has 2 amide bonds. The van der Waals surface area contributed by atoms with Crippen LogP contribution in [0.15, 0.2) is 48.5 Å². The van der Waals surface area contributed by atoms with Gasteiger partial charge in [-0.1, -0.05) is 61.9 Å². The number of nitrogens with one attached hydrogen (secondary N) is 2. The highest BCUT2D eigenvalue weighted by Crippen LogP contribution is 2.29. The Morgan fingerprint density at radius 3 is 2.69 bits per heavy atom. The van der Waals surface area contributed by atoms with E-state index in [9.17, 15) is 4.79 Å². The van der Waals surface area contributed by atoms with Crippen LogP contribution in [0.2, 0.25) is 0 Å². The molecule has 1 aliphatic heterocycles. The van der Waals surface area contributed by atoms with Gasteiger partial charge in [0.25, 0.3) is 0 Å². The summed E-state index contributed by atoms with van der Waals surface area (Å²) in [7, 11) is 0. The van der Waals surface area contributed by atoms with Crippen molar-refractivity contribution in [2.45, 2.75) is 45.3 Å². The molecule has 1 aliphatic rings. The molecule has 4 rings (SSSR count). The van der Waals surface area contributed by atoms with Gasteiger partial charge in [-0.15, -0.1) is 10.2 Å². The zero-order valence-electron chi connectivity index (χ0n) is 18.5. The van der Waals surface area contributed by atoms with Crippen LogP contribution < -0.4 is 5.32 Å². The number of carbonyl (C=O) groups is 1. The number of nitrogens with zero attached hydrogens (tertiary/aromatic N) is 4. The van der Waals surface area contributed by atoms with Crippen molar-refractivity contribution in [2.24, 2.45) is 0 Å². The molecule has 32 heavy (non-hydrogen) atoms. The number of H-pyrrole nitrogens is 1. The Balaban J connectivity index is 1.44. The van der Waals surface area contributed by atoms with Gasteiger partial charge >= 0.3 is 6.03 Å². The fourth-order valence-corrected chi connectivity index (χ4v) is 3.94. The lowest BCUT2D eigenvalue weighted by Crippen LogP contribution is -2.42. The maximum absolute atomic E-state index is 12.8. The average molecular weight is 435 g/mol. The summed E-state index contributed by atoms with van der Waals surface area (Å²) in [5, 5.41) is 17.5. The smallest absolute Gasteiger partial charge is 0.317 e. The molecule has 1 atom stereocenters. The number of amides is 2. The summed E-state index contributed by atoms with van der Waals surface area (Å²) in [5.41, 5.74) is 4.12. The molecule has 0 radical (unpaired) electrons. The highest BCUT2D eigenvalue weighted by molar-refractivity contribution is 5.80. The minimum absolute atomic E-state index is 0.0273. The predicted molar refractivity (Wildman–Crippen MR) is 123 cm³/mol. The van der Waals surface area contributed by atoms with Crippen LogP contribution in [0, 0.1) is 0 Å². The van der Waals surface area contributed by atoms with E-state index in [1.54, 1.807) is 0 Å². The Morgan fingerprint density at radius 2 is 2.00 bits per heavy atom. The fraction of sp³-hybridized carbons (Fsp3) is 0.417. The molecule has 0 spiro atoms. The molecular weight excluding hydrogens is 404 g/mol. The number of carbonyl (C=O) groups excluding carboxylic acids is 1. The molecule has 8 heteroatoms.